The second-order valence-electron chi connectivity index (χ2n) is 4.55. The number of aromatic nitrogens is 2. The van der Waals surface area contributed by atoms with E-state index in [9.17, 15) is 0 Å². The lowest BCUT2D eigenvalue weighted by Gasteiger charge is -2.14. The van der Waals surface area contributed by atoms with Gasteiger partial charge in [-0.3, -0.25) is 0 Å². The third-order valence-corrected chi connectivity index (χ3v) is 4.45. The third-order valence-electron chi connectivity index (χ3n) is 2.81. The second kappa shape index (κ2) is 8.26. The Morgan fingerprint density at radius 3 is 2.13 bits per heavy atom. The molecule has 0 atom stereocenters. The van der Waals surface area contributed by atoms with E-state index in [1.807, 2.05) is 26.0 Å². The molecular formula is C15H19BrN4O2S. The molecule has 124 valence electrons. The van der Waals surface area contributed by atoms with Gasteiger partial charge in [-0.25, -0.2) is 9.97 Å². The van der Waals surface area contributed by atoms with Gasteiger partial charge in [-0.15, -0.1) is 0 Å². The van der Waals surface area contributed by atoms with E-state index < -0.39 is 0 Å². The molecule has 0 aliphatic rings. The van der Waals surface area contributed by atoms with Crippen LogP contribution in [0.4, 0.5) is 11.6 Å². The second-order valence-corrected chi connectivity index (χ2v) is 6.34. The minimum atomic E-state index is 0.362. The summed E-state index contributed by atoms with van der Waals surface area (Å²) in [5.41, 5.74) is 12.4. The number of rotatable bonds is 7. The average molecular weight is 399 g/mol. The van der Waals surface area contributed by atoms with E-state index in [2.05, 4.69) is 25.9 Å². The molecule has 0 saturated carbocycles. The third kappa shape index (κ3) is 4.90. The molecule has 2 aromatic rings. The molecule has 1 heterocycles. The molecule has 1 aromatic heterocycles. The van der Waals surface area contributed by atoms with Crippen molar-refractivity contribution in [1.29, 1.82) is 0 Å². The molecule has 8 heteroatoms. The number of hydrogen-bond donors (Lipinski definition) is 2. The Bertz CT molecular complexity index is 665. The maximum atomic E-state index is 5.68. The van der Waals surface area contributed by atoms with Gasteiger partial charge >= 0.3 is 0 Å². The number of halogens is 1. The predicted octanol–water partition coefficient (Wildman–Crippen LogP) is 3.49. The predicted molar refractivity (Wildman–Crippen MR) is 96.9 cm³/mol. The first-order valence-corrected chi connectivity index (χ1v) is 8.92. The fraction of sp³-hybridized carbons (Fsp3) is 0.333. The van der Waals surface area contributed by atoms with Gasteiger partial charge in [-0.05, 0) is 31.5 Å². The van der Waals surface area contributed by atoms with Crippen molar-refractivity contribution < 1.29 is 9.47 Å². The molecule has 0 unspecified atom stereocenters. The Kier molecular flexibility index (Phi) is 6.35. The molecule has 0 fully saturated rings. The quantitative estimate of drug-likeness (QED) is 0.543. The van der Waals surface area contributed by atoms with Crippen LogP contribution in [0.25, 0.3) is 0 Å². The van der Waals surface area contributed by atoms with Gasteiger partial charge in [0.1, 0.15) is 11.6 Å². The van der Waals surface area contributed by atoms with E-state index in [1.165, 1.54) is 17.8 Å². The maximum absolute atomic E-state index is 5.68. The highest BCUT2D eigenvalue weighted by Crippen LogP contribution is 2.36. The normalized spacial score (nSPS) is 10.6. The van der Waals surface area contributed by atoms with Crippen molar-refractivity contribution in [2.75, 3.05) is 24.7 Å². The summed E-state index contributed by atoms with van der Waals surface area (Å²) in [5, 5.41) is 0.543. The Labute approximate surface area is 148 Å². The number of ether oxygens (including phenoxy) is 2. The molecule has 0 aliphatic heterocycles. The van der Waals surface area contributed by atoms with Crippen molar-refractivity contribution in [1.82, 2.24) is 9.97 Å². The monoisotopic (exact) mass is 398 g/mol. The van der Waals surface area contributed by atoms with E-state index in [0.717, 1.165) is 21.5 Å². The number of anilines is 2. The molecule has 23 heavy (non-hydrogen) atoms. The van der Waals surface area contributed by atoms with Crippen molar-refractivity contribution in [2.45, 2.75) is 24.8 Å². The fourth-order valence-corrected chi connectivity index (χ4v) is 3.40. The van der Waals surface area contributed by atoms with Crippen LogP contribution in [0.15, 0.2) is 27.8 Å². The average Bonchev–Trinajstić information content (AvgIpc) is 2.48. The summed E-state index contributed by atoms with van der Waals surface area (Å²) in [7, 11) is 0. The zero-order valence-electron chi connectivity index (χ0n) is 13.0. The van der Waals surface area contributed by atoms with Gasteiger partial charge < -0.3 is 20.9 Å². The molecule has 0 aliphatic carbocycles. The van der Waals surface area contributed by atoms with E-state index in [-0.39, 0.29) is 0 Å². The van der Waals surface area contributed by atoms with Crippen molar-refractivity contribution >= 4 is 39.3 Å². The van der Waals surface area contributed by atoms with Crippen LogP contribution in [0.1, 0.15) is 19.4 Å². The highest BCUT2D eigenvalue weighted by molar-refractivity contribution is 9.10. The minimum absolute atomic E-state index is 0.362. The number of nitrogens with two attached hydrogens (primary N) is 2. The zero-order valence-corrected chi connectivity index (χ0v) is 15.4. The summed E-state index contributed by atoms with van der Waals surface area (Å²) >= 11 is 5.02. The van der Waals surface area contributed by atoms with E-state index in [0.29, 0.717) is 35.8 Å². The van der Waals surface area contributed by atoms with Gasteiger partial charge in [-0.2, -0.15) is 0 Å². The van der Waals surface area contributed by atoms with E-state index >= 15 is 0 Å². The van der Waals surface area contributed by atoms with Crippen LogP contribution < -0.4 is 20.9 Å². The highest BCUT2D eigenvalue weighted by atomic mass is 79.9. The molecular weight excluding hydrogens is 380 g/mol. The number of hydrogen-bond acceptors (Lipinski definition) is 7. The fourth-order valence-electron chi connectivity index (χ4n) is 1.89. The van der Waals surface area contributed by atoms with Crippen LogP contribution in [0.5, 0.6) is 11.5 Å². The first-order chi connectivity index (χ1) is 11.0. The zero-order chi connectivity index (χ0) is 16.8. The number of benzene rings is 1. The van der Waals surface area contributed by atoms with Gasteiger partial charge in [0, 0.05) is 16.3 Å². The lowest BCUT2D eigenvalue weighted by Crippen LogP contribution is -2.01. The van der Waals surface area contributed by atoms with Crippen LogP contribution >= 0.6 is 27.7 Å². The molecule has 2 rings (SSSR count). The Morgan fingerprint density at radius 1 is 1.00 bits per heavy atom. The summed E-state index contributed by atoms with van der Waals surface area (Å²) in [5.74, 6) is 2.82. The summed E-state index contributed by atoms with van der Waals surface area (Å²) in [6, 6.07) is 5.41. The van der Waals surface area contributed by atoms with Gasteiger partial charge in [0.05, 0.1) is 13.2 Å². The maximum Gasteiger partial charge on any atom is 0.191 e. The summed E-state index contributed by atoms with van der Waals surface area (Å²) in [6.45, 7) is 5.03. The largest absolute Gasteiger partial charge is 0.490 e. The van der Waals surface area contributed by atoms with Crippen molar-refractivity contribution in [2.24, 2.45) is 0 Å². The summed E-state index contributed by atoms with van der Waals surface area (Å²) in [4.78, 5) is 8.33. The first kappa shape index (κ1) is 17.7. The van der Waals surface area contributed by atoms with Gasteiger partial charge in [0.25, 0.3) is 0 Å². The summed E-state index contributed by atoms with van der Waals surface area (Å²) < 4.78 is 12.2. The van der Waals surface area contributed by atoms with Gasteiger partial charge in [0.2, 0.25) is 0 Å². The SMILES string of the molecule is CCOc1cc(Br)c(CSc2nc(N)cc(N)n2)cc1OCC. The van der Waals surface area contributed by atoms with Crippen molar-refractivity contribution in [3.05, 3.63) is 28.2 Å². The number of nitrogen functional groups attached to an aromatic ring is 2. The van der Waals surface area contributed by atoms with Crippen molar-refractivity contribution in [3.63, 3.8) is 0 Å². The Hall–Kier alpha value is -1.67. The summed E-state index contributed by atoms with van der Waals surface area (Å²) in [6.07, 6.45) is 0. The molecule has 0 radical (unpaired) electrons. The van der Waals surface area contributed by atoms with Crippen LogP contribution in [0, 0.1) is 0 Å². The lowest BCUT2D eigenvalue weighted by molar-refractivity contribution is 0.287. The standard InChI is InChI=1S/C15H19BrN4O2S/c1-3-21-11-5-9(10(16)6-12(11)22-4-2)8-23-15-19-13(17)7-14(18)20-15/h5-7H,3-4,8H2,1-2H3,(H4,17,18,19,20). The van der Waals surface area contributed by atoms with Gasteiger partial charge in [-0.1, -0.05) is 27.7 Å². The van der Waals surface area contributed by atoms with Crippen LogP contribution in [0.2, 0.25) is 0 Å². The lowest BCUT2D eigenvalue weighted by atomic mass is 10.2. The number of thioether (sulfide) groups is 1. The minimum Gasteiger partial charge on any atom is -0.490 e. The van der Waals surface area contributed by atoms with Gasteiger partial charge in [0.15, 0.2) is 16.7 Å². The van der Waals surface area contributed by atoms with Crippen LogP contribution in [-0.4, -0.2) is 23.2 Å². The van der Waals surface area contributed by atoms with E-state index in [4.69, 9.17) is 20.9 Å². The van der Waals surface area contributed by atoms with Crippen molar-refractivity contribution in [3.8, 4) is 11.5 Å². The molecule has 1 aromatic carbocycles. The first-order valence-electron chi connectivity index (χ1n) is 7.14. The van der Waals surface area contributed by atoms with E-state index in [1.54, 1.807) is 0 Å². The molecule has 0 saturated heterocycles. The Balaban J connectivity index is 2.20. The molecule has 0 bridgehead atoms. The van der Waals surface area contributed by atoms with Crippen LogP contribution in [0.3, 0.4) is 0 Å². The number of nitrogens with zero attached hydrogens (tertiary/aromatic N) is 2. The molecule has 4 N–H and O–H groups in total. The Morgan fingerprint density at radius 2 is 1.57 bits per heavy atom. The highest BCUT2D eigenvalue weighted by Gasteiger charge is 2.12. The smallest absolute Gasteiger partial charge is 0.191 e. The molecule has 0 amide bonds. The topological polar surface area (TPSA) is 96.3 Å². The van der Waals surface area contributed by atoms with Crippen LogP contribution in [-0.2, 0) is 5.75 Å². The molecule has 0 spiro atoms. The molecule has 6 nitrogen and oxygen atoms in total.